The largest absolute Gasteiger partial charge is 0.488 e. The number of hydrogen-bond acceptors (Lipinski definition) is 2. The van der Waals surface area contributed by atoms with Gasteiger partial charge in [0.25, 0.3) is 0 Å². The maximum Gasteiger partial charge on any atom is 0.127 e. The van der Waals surface area contributed by atoms with Crippen LogP contribution in [0.1, 0.15) is 26.2 Å². The maximum absolute atomic E-state index is 6.11. The summed E-state index contributed by atoms with van der Waals surface area (Å²) >= 11 is 0. The molecule has 16 heavy (non-hydrogen) atoms. The van der Waals surface area contributed by atoms with E-state index in [2.05, 4.69) is 19.1 Å². The lowest BCUT2D eigenvalue weighted by Crippen LogP contribution is -2.31. The smallest absolute Gasteiger partial charge is 0.127 e. The van der Waals surface area contributed by atoms with E-state index in [1.807, 2.05) is 0 Å². The van der Waals surface area contributed by atoms with Crippen molar-refractivity contribution in [2.45, 2.75) is 38.4 Å². The number of hydrogen-bond donors (Lipinski definition) is 0. The molecule has 3 fully saturated rings. The lowest BCUT2D eigenvalue weighted by atomic mass is 9.66. The summed E-state index contributed by atoms with van der Waals surface area (Å²) in [6, 6.07) is 0. The van der Waals surface area contributed by atoms with Crippen molar-refractivity contribution in [2.24, 2.45) is 17.8 Å². The van der Waals surface area contributed by atoms with Crippen LogP contribution in [0.5, 0.6) is 0 Å². The maximum atomic E-state index is 6.11. The summed E-state index contributed by atoms with van der Waals surface area (Å²) in [5.41, 5.74) is 1.47. The third-order valence-corrected chi connectivity index (χ3v) is 4.74. The quantitative estimate of drug-likeness (QED) is 0.631. The van der Waals surface area contributed by atoms with Gasteiger partial charge in [-0.05, 0) is 48.7 Å². The normalized spacial score (nSPS) is 48.9. The summed E-state index contributed by atoms with van der Waals surface area (Å²) in [5.74, 6) is 3.58. The van der Waals surface area contributed by atoms with Crippen LogP contribution < -0.4 is 0 Å². The molecule has 5 rings (SSSR count). The van der Waals surface area contributed by atoms with Crippen molar-refractivity contribution in [3.05, 3.63) is 23.5 Å². The summed E-state index contributed by atoms with van der Waals surface area (Å²) in [5, 5.41) is 0. The first-order chi connectivity index (χ1) is 7.81. The third-order valence-electron chi connectivity index (χ3n) is 4.74. The molecule has 1 saturated carbocycles. The Morgan fingerprint density at radius 3 is 2.75 bits per heavy atom. The van der Waals surface area contributed by atoms with E-state index in [1.165, 1.54) is 24.2 Å². The predicted octanol–water partition coefficient (Wildman–Crippen LogP) is 2.66. The van der Waals surface area contributed by atoms with E-state index in [4.69, 9.17) is 9.47 Å². The van der Waals surface area contributed by atoms with E-state index in [0.717, 1.165) is 30.8 Å². The molecule has 0 amide bonds. The van der Waals surface area contributed by atoms with E-state index in [-0.39, 0.29) is 0 Å². The molecule has 2 aliphatic heterocycles. The Morgan fingerprint density at radius 1 is 1.19 bits per heavy atom. The Hall–Kier alpha value is -0.760. The molecule has 0 aromatic carbocycles. The van der Waals surface area contributed by atoms with Gasteiger partial charge in [0.2, 0.25) is 0 Å². The molecule has 2 heterocycles. The standard InChI is InChI=1S/C14H18O2/c1-8-10-4-9-2-3-12(14-7-15-14)16-13(9)6-11(8)5-10/h4,6,8,10-12,14H,2-3,5,7H2,1H3. The highest BCUT2D eigenvalue weighted by atomic mass is 16.6. The fourth-order valence-corrected chi connectivity index (χ4v) is 3.32. The Balaban J connectivity index is 1.62. The minimum absolute atomic E-state index is 0.328. The average molecular weight is 218 g/mol. The van der Waals surface area contributed by atoms with E-state index in [9.17, 15) is 0 Å². The monoisotopic (exact) mass is 218 g/mol. The second-order valence-corrected chi connectivity index (χ2v) is 5.71. The highest BCUT2D eigenvalue weighted by molar-refractivity contribution is 5.34. The molecule has 0 radical (unpaired) electrons. The Morgan fingerprint density at radius 2 is 2.00 bits per heavy atom. The SMILES string of the molecule is CC1C2C=C3CCC(C4CO4)OC3=CC1C2. The zero-order valence-electron chi connectivity index (χ0n) is 9.69. The molecule has 0 aromatic rings. The Kier molecular flexibility index (Phi) is 1.82. The third kappa shape index (κ3) is 1.29. The van der Waals surface area contributed by atoms with Crippen molar-refractivity contribution < 1.29 is 9.47 Å². The van der Waals surface area contributed by atoms with Crippen molar-refractivity contribution in [2.75, 3.05) is 6.61 Å². The Bertz CT molecular complexity index is 378. The van der Waals surface area contributed by atoms with Crippen molar-refractivity contribution in [1.82, 2.24) is 0 Å². The summed E-state index contributed by atoms with van der Waals surface area (Å²) in [6.45, 7) is 3.27. The molecule has 2 saturated heterocycles. The molecular formula is C14H18O2. The number of allylic oxidation sites excluding steroid dienone is 3. The summed E-state index contributed by atoms with van der Waals surface area (Å²) < 4.78 is 11.5. The number of rotatable bonds is 1. The van der Waals surface area contributed by atoms with Crippen LogP contribution in [-0.2, 0) is 9.47 Å². The van der Waals surface area contributed by atoms with Crippen molar-refractivity contribution in [3.8, 4) is 0 Å². The van der Waals surface area contributed by atoms with Crippen LogP contribution in [0.3, 0.4) is 0 Å². The van der Waals surface area contributed by atoms with Gasteiger partial charge in [0.05, 0.1) is 6.61 Å². The fraction of sp³-hybridized carbons (Fsp3) is 0.714. The topological polar surface area (TPSA) is 21.8 Å². The number of ether oxygens (including phenoxy) is 2. The zero-order valence-corrected chi connectivity index (χ0v) is 9.69. The summed E-state index contributed by atoms with van der Waals surface area (Å²) in [7, 11) is 0. The van der Waals surface area contributed by atoms with Crippen LogP contribution in [0.4, 0.5) is 0 Å². The van der Waals surface area contributed by atoms with Gasteiger partial charge in [-0.25, -0.2) is 0 Å². The molecule has 0 spiro atoms. The predicted molar refractivity (Wildman–Crippen MR) is 60.8 cm³/mol. The lowest BCUT2D eigenvalue weighted by Gasteiger charge is -2.38. The molecular weight excluding hydrogens is 200 g/mol. The summed E-state index contributed by atoms with van der Waals surface area (Å²) in [6.07, 6.45) is 9.24. The molecule has 5 atom stereocenters. The van der Waals surface area contributed by atoms with Crippen LogP contribution in [-0.4, -0.2) is 18.8 Å². The van der Waals surface area contributed by atoms with Gasteiger partial charge in [-0.1, -0.05) is 13.0 Å². The van der Waals surface area contributed by atoms with E-state index in [0.29, 0.717) is 12.2 Å². The van der Waals surface area contributed by atoms with Crippen LogP contribution in [0, 0.1) is 17.8 Å². The van der Waals surface area contributed by atoms with Gasteiger partial charge < -0.3 is 9.47 Å². The molecule has 0 aromatic heterocycles. The molecule has 2 heteroatoms. The summed E-state index contributed by atoms with van der Waals surface area (Å²) in [4.78, 5) is 0. The molecule has 86 valence electrons. The Labute approximate surface area is 96.3 Å². The number of epoxide rings is 1. The van der Waals surface area contributed by atoms with Gasteiger partial charge in [0.1, 0.15) is 18.0 Å². The molecule has 5 aliphatic rings. The van der Waals surface area contributed by atoms with Gasteiger partial charge in [-0.2, -0.15) is 0 Å². The highest BCUT2D eigenvalue weighted by Crippen LogP contribution is 2.48. The van der Waals surface area contributed by atoms with Crippen LogP contribution in [0.25, 0.3) is 0 Å². The molecule has 0 N–H and O–H groups in total. The first-order valence-electron chi connectivity index (χ1n) is 6.52. The average Bonchev–Trinajstić information content (AvgIpc) is 3.13. The van der Waals surface area contributed by atoms with Crippen molar-refractivity contribution in [3.63, 3.8) is 0 Å². The minimum Gasteiger partial charge on any atom is -0.488 e. The van der Waals surface area contributed by atoms with Crippen molar-refractivity contribution in [1.29, 1.82) is 0 Å². The first kappa shape index (κ1) is 9.29. The molecule has 5 unspecified atom stereocenters. The fourth-order valence-electron chi connectivity index (χ4n) is 3.32. The van der Waals surface area contributed by atoms with E-state index >= 15 is 0 Å². The minimum atomic E-state index is 0.328. The molecule has 2 bridgehead atoms. The second kappa shape index (κ2) is 3.13. The van der Waals surface area contributed by atoms with Crippen LogP contribution >= 0.6 is 0 Å². The lowest BCUT2D eigenvalue weighted by molar-refractivity contribution is 0.0675. The van der Waals surface area contributed by atoms with Gasteiger partial charge in [-0.15, -0.1) is 0 Å². The van der Waals surface area contributed by atoms with E-state index < -0.39 is 0 Å². The zero-order chi connectivity index (χ0) is 10.7. The van der Waals surface area contributed by atoms with Gasteiger partial charge in [-0.3, -0.25) is 0 Å². The van der Waals surface area contributed by atoms with Gasteiger partial charge in [0, 0.05) is 0 Å². The molecule has 3 aliphatic carbocycles. The van der Waals surface area contributed by atoms with Crippen LogP contribution in [0.15, 0.2) is 23.5 Å². The van der Waals surface area contributed by atoms with E-state index in [1.54, 1.807) is 0 Å². The highest BCUT2D eigenvalue weighted by Gasteiger charge is 2.42. The van der Waals surface area contributed by atoms with Crippen molar-refractivity contribution >= 4 is 0 Å². The molecule has 2 nitrogen and oxygen atoms in total. The van der Waals surface area contributed by atoms with Crippen LogP contribution in [0.2, 0.25) is 0 Å². The first-order valence-corrected chi connectivity index (χ1v) is 6.52. The second-order valence-electron chi connectivity index (χ2n) is 5.71. The van der Waals surface area contributed by atoms with Gasteiger partial charge in [0.15, 0.2) is 0 Å². The van der Waals surface area contributed by atoms with Gasteiger partial charge >= 0.3 is 0 Å².